The molecule has 0 fully saturated rings. The Labute approximate surface area is 141 Å². The second-order valence-electron chi connectivity index (χ2n) is 5.57. The molecular weight excluding hydrogens is 296 g/mol. The van der Waals surface area contributed by atoms with Gasteiger partial charge in [-0.1, -0.05) is 78.9 Å². The molecule has 4 rings (SSSR count). The molecule has 0 unspecified atom stereocenters. The third kappa shape index (κ3) is 3.79. The Hall–Kier alpha value is -3.13. The molecule has 0 saturated heterocycles. The van der Waals surface area contributed by atoms with E-state index >= 15 is 0 Å². The van der Waals surface area contributed by atoms with Gasteiger partial charge in [0.1, 0.15) is 0 Å². The molecule has 0 amide bonds. The fourth-order valence-corrected chi connectivity index (χ4v) is 2.81. The maximum absolute atomic E-state index is 10.1. The summed E-state index contributed by atoms with van der Waals surface area (Å²) in [6.07, 6.45) is 3.78. The lowest BCUT2D eigenvalue weighted by Crippen LogP contribution is -1.85. The van der Waals surface area contributed by atoms with Gasteiger partial charge in [-0.05, 0) is 40.3 Å². The van der Waals surface area contributed by atoms with Crippen molar-refractivity contribution in [1.29, 1.82) is 0 Å². The molecule has 0 aromatic heterocycles. The fourth-order valence-electron chi connectivity index (χ4n) is 2.81. The molecule has 118 valence electrons. The highest BCUT2D eigenvalue weighted by Crippen LogP contribution is 2.35. The Kier molecular flexibility index (Phi) is 4.87. The van der Waals surface area contributed by atoms with E-state index in [0.29, 0.717) is 0 Å². The first-order valence-corrected chi connectivity index (χ1v) is 7.86. The van der Waals surface area contributed by atoms with E-state index in [1.165, 1.54) is 22.3 Å². The number of hydrogen-bond acceptors (Lipinski definition) is 1. The maximum Gasteiger partial charge on any atom is 0.328 e. The zero-order chi connectivity index (χ0) is 16.8. The lowest BCUT2D eigenvalue weighted by Gasteiger charge is -1.98. The highest BCUT2D eigenvalue weighted by Gasteiger charge is 2.15. The minimum absolute atomic E-state index is 0.898. The van der Waals surface area contributed by atoms with Gasteiger partial charge in [0.2, 0.25) is 0 Å². The van der Waals surface area contributed by atoms with E-state index < -0.39 is 5.97 Å². The predicted molar refractivity (Wildman–Crippen MR) is 97.8 cm³/mol. The van der Waals surface area contributed by atoms with Crippen LogP contribution in [0.4, 0.5) is 0 Å². The monoisotopic (exact) mass is 314 g/mol. The molecule has 1 aliphatic carbocycles. The van der Waals surface area contributed by atoms with Crippen molar-refractivity contribution in [3.05, 3.63) is 102 Å². The summed E-state index contributed by atoms with van der Waals surface area (Å²) >= 11 is 0. The van der Waals surface area contributed by atoms with E-state index in [1.54, 1.807) is 6.08 Å². The van der Waals surface area contributed by atoms with Gasteiger partial charge in [0.05, 0.1) is 0 Å². The molecule has 0 saturated carbocycles. The molecule has 0 aliphatic heterocycles. The topological polar surface area (TPSA) is 37.3 Å². The van der Waals surface area contributed by atoms with Gasteiger partial charge < -0.3 is 5.11 Å². The van der Waals surface area contributed by atoms with Crippen LogP contribution in [0.25, 0.3) is 17.2 Å². The number of carbonyl (C=O) groups is 1. The van der Waals surface area contributed by atoms with Crippen LogP contribution in [0.1, 0.15) is 16.7 Å². The van der Waals surface area contributed by atoms with Crippen LogP contribution in [0.5, 0.6) is 0 Å². The molecule has 0 bridgehead atoms. The predicted octanol–water partition coefficient (Wildman–Crippen LogP) is 5.04. The van der Waals surface area contributed by atoms with Gasteiger partial charge >= 0.3 is 5.97 Å². The van der Waals surface area contributed by atoms with E-state index in [4.69, 9.17) is 5.11 Å². The van der Waals surface area contributed by atoms with E-state index in [-0.39, 0.29) is 0 Å². The zero-order valence-electron chi connectivity index (χ0n) is 13.2. The first kappa shape index (κ1) is 15.8. The first-order valence-electron chi connectivity index (χ1n) is 7.86. The van der Waals surface area contributed by atoms with Gasteiger partial charge in [-0.3, -0.25) is 0 Å². The molecule has 3 aromatic rings. The molecule has 0 radical (unpaired) electrons. The van der Waals surface area contributed by atoms with Crippen LogP contribution in [-0.4, -0.2) is 11.1 Å². The molecule has 0 atom stereocenters. The van der Waals surface area contributed by atoms with Crippen molar-refractivity contribution in [2.24, 2.45) is 0 Å². The van der Waals surface area contributed by atoms with Crippen molar-refractivity contribution >= 4 is 12.0 Å². The minimum Gasteiger partial charge on any atom is -0.478 e. The molecule has 0 heterocycles. The summed E-state index contributed by atoms with van der Waals surface area (Å²) in [6.45, 7) is 0. The first-order chi connectivity index (χ1) is 11.7. The maximum atomic E-state index is 10.1. The van der Waals surface area contributed by atoms with Crippen molar-refractivity contribution in [2.45, 2.75) is 6.42 Å². The number of fused-ring (bicyclic) bond motifs is 3. The van der Waals surface area contributed by atoms with Crippen LogP contribution >= 0.6 is 0 Å². The Balaban J connectivity index is 0.000000144. The molecular formula is C22H18O2. The van der Waals surface area contributed by atoms with E-state index in [1.807, 2.05) is 30.3 Å². The van der Waals surface area contributed by atoms with E-state index in [9.17, 15) is 4.79 Å². The number of rotatable bonds is 2. The Morgan fingerprint density at radius 2 is 1.25 bits per heavy atom. The van der Waals surface area contributed by atoms with Crippen LogP contribution in [0.15, 0.2) is 84.9 Å². The standard InChI is InChI=1S/C13H10.C9H8O2/c1-3-7-12-10(5-1)9-11-6-2-4-8-13(11)12;10-9(11)7-6-8-4-2-1-3-5-8/h1-8H,9H2;1-7H,(H,10,11). The zero-order valence-corrected chi connectivity index (χ0v) is 13.2. The minimum atomic E-state index is -0.922. The van der Waals surface area contributed by atoms with Gasteiger partial charge in [-0.25, -0.2) is 4.79 Å². The average Bonchev–Trinajstić information content (AvgIpc) is 3.00. The van der Waals surface area contributed by atoms with Gasteiger partial charge in [0.25, 0.3) is 0 Å². The van der Waals surface area contributed by atoms with Crippen molar-refractivity contribution < 1.29 is 9.90 Å². The van der Waals surface area contributed by atoms with Gasteiger partial charge in [-0.15, -0.1) is 0 Å². The molecule has 2 nitrogen and oxygen atoms in total. The SMILES string of the molecule is O=C(O)C=Cc1ccccc1.c1ccc2c(c1)Cc1ccccc1-2. The highest BCUT2D eigenvalue weighted by molar-refractivity contribution is 5.85. The molecule has 1 N–H and O–H groups in total. The number of hydrogen-bond donors (Lipinski definition) is 1. The molecule has 0 spiro atoms. The summed E-state index contributed by atoms with van der Waals surface area (Å²) < 4.78 is 0. The van der Waals surface area contributed by atoms with Crippen LogP contribution in [0.3, 0.4) is 0 Å². The van der Waals surface area contributed by atoms with Crippen LogP contribution in [0, 0.1) is 0 Å². The summed E-state index contributed by atoms with van der Waals surface area (Å²) in [5.74, 6) is -0.922. The molecule has 2 heteroatoms. The largest absolute Gasteiger partial charge is 0.478 e. The summed E-state index contributed by atoms with van der Waals surface area (Å²) in [6, 6.07) is 26.6. The second-order valence-corrected chi connectivity index (χ2v) is 5.57. The van der Waals surface area contributed by atoms with Gasteiger partial charge in [0, 0.05) is 6.08 Å². The third-order valence-electron chi connectivity index (χ3n) is 3.92. The quantitative estimate of drug-likeness (QED) is 0.526. The molecule has 24 heavy (non-hydrogen) atoms. The normalized spacial score (nSPS) is 11.3. The fraction of sp³-hybridized carbons (Fsp3) is 0.0455. The number of benzene rings is 3. The Morgan fingerprint density at radius 1 is 0.750 bits per heavy atom. The van der Waals surface area contributed by atoms with E-state index in [0.717, 1.165) is 18.1 Å². The number of aliphatic carboxylic acids is 1. The number of carboxylic acids is 1. The molecule has 3 aromatic carbocycles. The van der Waals surface area contributed by atoms with Crippen molar-refractivity contribution in [3.8, 4) is 11.1 Å². The summed E-state index contributed by atoms with van der Waals surface area (Å²) in [7, 11) is 0. The van der Waals surface area contributed by atoms with Crippen LogP contribution in [0.2, 0.25) is 0 Å². The molecule has 1 aliphatic rings. The van der Waals surface area contributed by atoms with Crippen LogP contribution in [-0.2, 0) is 11.2 Å². The van der Waals surface area contributed by atoms with Crippen molar-refractivity contribution in [1.82, 2.24) is 0 Å². The Bertz CT molecular complexity index is 820. The van der Waals surface area contributed by atoms with Gasteiger partial charge in [-0.2, -0.15) is 0 Å². The third-order valence-corrected chi connectivity index (χ3v) is 3.92. The second kappa shape index (κ2) is 7.42. The van der Waals surface area contributed by atoms with Gasteiger partial charge in [0.15, 0.2) is 0 Å². The average molecular weight is 314 g/mol. The summed E-state index contributed by atoms with van der Waals surface area (Å²) in [5, 5.41) is 8.29. The summed E-state index contributed by atoms with van der Waals surface area (Å²) in [4.78, 5) is 10.1. The smallest absolute Gasteiger partial charge is 0.328 e. The highest BCUT2D eigenvalue weighted by atomic mass is 16.4. The lowest BCUT2D eigenvalue weighted by atomic mass is 10.1. The van der Waals surface area contributed by atoms with Crippen molar-refractivity contribution in [2.75, 3.05) is 0 Å². The van der Waals surface area contributed by atoms with E-state index in [2.05, 4.69) is 48.5 Å². The number of carboxylic acid groups (broad SMARTS) is 1. The van der Waals surface area contributed by atoms with Crippen molar-refractivity contribution in [3.63, 3.8) is 0 Å². The lowest BCUT2D eigenvalue weighted by molar-refractivity contribution is -0.131. The Morgan fingerprint density at radius 3 is 1.79 bits per heavy atom. The van der Waals surface area contributed by atoms with Crippen LogP contribution < -0.4 is 0 Å². The summed E-state index contributed by atoms with van der Waals surface area (Å²) in [5.41, 5.74) is 6.65.